The number of nitrogens with one attached hydrogen (secondary N) is 4. The Labute approximate surface area is 386 Å². The molecule has 342 valence electrons. The van der Waals surface area contributed by atoms with Crippen LogP contribution in [0.4, 0.5) is 61.3 Å². The lowest BCUT2D eigenvalue weighted by Crippen LogP contribution is -2.34. The normalized spacial score (nSPS) is 11.5. The predicted molar refractivity (Wildman–Crippen MR) is 247 cm³/mol. The molecule has 0 aliphatic rings. The highest BCUT2D eigenvalue weighted by Gasteiger charge is 2.30. The van der Waals surface area contributed by atoms with E-state index in [2.05, 4.69) is 41.7 Å². The third kappa shape index (κ3) is 10.9. The molecule has 6 amide bonds. The summed E-state index contributed by atoms with van der Waals surface area (Å²) in [7, 11) is 0. The van der Waals surface area contributed by atoms with Crippen LogP contribution in [0.2, 0.25) is 0 Å². The molecular formula is C50H32F4N8O7. The summed E-state index contributed by atoms with van der Waals surface area (Å²) in [5.41, 5.74) is 0.704. The van der Waals surface area contributed by atoms with E-state index in [1.54, 1.807) is 54.6 Å². The molecule has 0 spiro atoms. The summed E-state index contributed by atoms with van der Waals surface area (Å²) in [5.74, 6) is -2.86. The zero-order valence-corrected chi connectivity index (χ0v) is 35.2. The van der Waals surface area contributed by atoms with Crippen LogP contribution >= 0.6 is 0 Å². The molecule has 8 rings (SSSR count). The van der Waals surface area contributed by atoms with E-state index >= 15 is 0 Å². The van der Waals surface area contributed by atoms with Crippen molar-refractivity contribution in [3.8, 4) is 11.5 Å². The molecule has 6 N–H and O–H groups in total. The number of fused-ring (bicyclic) bond motifs is 2. The maximum atomic E-state index is 13.5. The minimum absolute atomic E-state index is 0.0351. The van der Waals surface area contributed by atoms with Gasteiger partial charge in [0.1, 0.15) is 28.7 Å². The summed E-state index contributed by atoms with van der Waals surface area (Å²) in [6, 6.07) is 34.2. The number of imide groups is 2. The highest BCUT2D eigenvalue weighted by molar-refractivity contribution is 6.12. The lowest BCUT2D eigenvalue weighted by molar-refractivity contribution is -0.137. The minimum atomic E-state index is -4.63. The molecule has 8 aromatic rings. The van der Waals surface area contributed by atoms with Gasteiger partial charge in [0, 0.05) is 44.4 Å². The second-order valence-corrected chi connectivity index (χ2v) is 15.0. The number of hydrogen-bond acceptors (Lipinski definition) is 11. The quantitative estimate of drug-likeness (QED) is 0.0442. The Hall–Kier alpha value is -9.65. The molecule has 8 aromatic carbocycles. The Kier molecular flexibility index (Phi) is 12.9. The van der Waals surface area contributed by atoms with E-state index in [4.69, 9.17) is 0 Å². The van der Waals surface area contributed by atoms with Gasteiger partial charge in [-0.1, -0.05) is 36.4 Å². The van der Waals surface area contributed by atoms with Gasteiger partial charge in [-0.2, -0.15) is 23.4 Å². The van der Waals surface area contributed by atoms with Gasteiger partial charge in [-0.05, 0) is 132 Å². The average Bonchev–Trinajstić information content (AvgIpc) is 3.33. The maximum absolute atomic E-state index is 13.5. The number of hydrogen-bond donors (Lipinski definition) is 6. The summed E-state index contributed by atoms with van der Waals surface area (Å²) in [5, 5.41) is 48.8. The smallest absolute Gasteiger partial charge is 0.416 e. The largest absolute Gasteiger partial charge is 0.506 e. The van der Waals surface area contributed by atoms with Gasteiger partial charge in [-0.15, -0.1) is 10.2 Å². The second-order valence-electron chi connectivity index (χ2n) is 15.0. The first-order chi connectivity index (χ1) is 33.1. The van der Waals surface area contributed by atoms with Gasteiger partial charge in [0.05, 0.1) is 16.9 Å². The number of urea groups is 2. The topological polar surface area (TPSA) is 223 Å². The second kappa shape index (κ2) is 19.4. The molecule has 0 saturated heterocycles. The first-order valence-corrected chi connectivity index (χ1v) is 20.4. The molecule has 0 heterocycles. The molecule has 0 aliphatic carbocycles. The number of alkyl halides is 3. The Balaban J connectivity index is 0.886. The molecule has 0 aliphatic heterocycles. The number of phenolic OH excluding ortho intramolecular Hbond substituents is 2. The third-order valence-electron chi connectivity index (χ3n) is 10.2. The summed E-state index contributed by atoms with van der Waals surface area (Å²) in [6.07, 6.45) is -4.63. The number of benzene rings is 8. The van der Waals surface area contributed by atoms with Crippen molar-refractivity contribution in [2.45, 2.75) is 6.18 Å². The van der Waals surface area contributed by atoms with Crippen LogP contribution < -0.4 is 21.3 Å². The van der Waals surface area contributed by atoms with E-state index < -0.39 is 41.4 Å². The molecule has 0 aromatic heterocycles. The number of nitrogens with zero attached hydrogens (tertiary/aromatic N) is 4. The van der Waals surface area contributed by atoms with Crippen molar-refractivity contribution >= 4 is 85.3 Å². The van der Waals surface area contributed by atoms with Crippen molar-refractivity contribution < 1.29 is 51.7 Å². The monoisotopic (exact) mass is 932 g/mol. The lowest BCUT2D eigenvalue weighted by Gasteiger charge is -2.11. The highest BCUT2D eigenvalue weighted by Crippen LogP contribution is 2.38. The van der Waals surface area contributed by atoms with E-state index in [1.165, 1.54) is 78.9 Å². The van der Waals surface area contributed by atoms with Crippen molar-refractivity contribution in [3.05, 3.63) is 191 Å². The zero-order chi connectivity index (χ0) is 48.8. The Morgan fingerprint density at radius 3 is 1.35 bits per heavy atom. The van der Waals surface area contributed by atoms with Gasteiger partial charge in [-0.3, -0.25) is 25.0 Å². The molecular weight excluding hydrogens is 901 g/mol. The summed E-state index contributed by atoms with van der Waals surface area (Å²) in [4.78, 5) is 63.8. The molecule has 0 unspecified atom stereocenters. The van der Waals surface area contributed by atoms with Crippen LogP contribution in [0.3, 0.4) is 0 Å². The molecule has 0 atom stereocenters. The number of anilines is 2. The minimum Gasteiger partial charge on any atom is -0.506 e. The molecule has 0 saturated carbocycles. The van der Waals surface area contributed by atoms with E-state index in [9.17, 15) is 51.7 Å². The van der Waals surface area contributed by atoms with Gasteiger partial charge < -0.3 is 20.8 Å². The molecule has 0 radical (unpaired) electrons. The van der Waals surface area contributed by atoms with Crippen molar-refractivity contribution in [1.82, 2.24) is 10.6 Å². The fourth-order valence-corrected chi connectivity index (χ4v) is 6.85. The Morgan fingerprint density at radius 2 is 0.899 bits per heavy atom. The molecule has 0 fully saturated rings. The summed E-state index contributed by atoms with van der Waals surface area (Å²) in [6.45, 7) is 0. The van der Waals surface area contributed by atoms with Crippen LogP contribution in [-0.2, 0) is 6.18 Å². The van der Waals surface area contributed by atoms with Gasteiger partial charge in [-0.25, -0.2) is 14.0 Å². The van der Waals surface area contributed by atoms with E-state index in [-0.39, 0.29) is 51.2 Å². The van der Waals surface area contributed by atoms with Crippen LogP contribution in [0, 0.1) is 5.82 Å². The van der Waals surface area contributed by atoms with Crippen LogP contribution in [0.1, 0.15) is 42.2 Å². The number of rotatable bonds is 10. The van der Waals surface area contributed by atoms with Crippen LogP contribution in [0.25, 0.3) is 21.5 Å². The number of ketones is 1. The van der Waals surface area contributed by atoms with Crippen molar-refractivity contribution in [2.24, 2.45) is 20.5 Å². The number of carbonyl (C=O) groups is 5. The number of azo groups is 2. The number of halogens is 4. The molecule has 69 heavy (non-hydrogen) atoms. The van der Waals surface area contributed by atoms with Gasteiger partial charge in [0.2, 0.25) is 0 Å². The summed E-state index contributed by atoms with van der Waals surface area (Å²) >= 11 is 0. The number of amides is 6. The van der Waals surface area contributed by atoms with Gasteiger partial charge >= 0.3 is 18.2 Å². The fraction of sp³-hybridized carbons (Fsp3) is 0.0200. The lowest BCUT2D eigenvalue weighted by atomic mass is 10.0. The van der Waals surface area contributed by atoms with E-state index in [1.807, 2.05) is 0 Å². The fourth-order valence-electron chi connectivity index (χ4n) is 6.85. The van der Waals surface area contributed by atoms with Gasteiger partial charge in [0.15, 0.2) is 5.78 Å². The maximum Gasteiger partial charge on any atom is 0.416 e. The Bertz CT molecular complexity index is 3420. The predicted octanol–water partition coefficient (Wildman–Crippen LogP) is 12.5. The molecule has 0 bridgehead atoms. The third-order valence-corrected chi connectivity index (χ3v) is 10.2. The van der Waals surface area contributed by atoms with Crippen LogP contribution in [0.5, 0.6) is 11.5 Å². The van der Waals surface area contributed by atoms with Crippen LogP contribution in [-0.4, -0.2) is 39.9 Å². The first kappa shape index (κ1) is 45.9. The van der Waals surface area contributed by atoms with Crippen molar-refractivity contribution in [3.63, 3.8) is 0 Å². The highest BCUT2D eigenvalue weighted by atomic mass is 19.4. The Morgan fingerprint density at radius 1 is 0.464 bits per heavy atom. The van der Waals surface area contributed by atoms with Crippen molar-refractivity contribution in [1.29, 1.82) is 0 Å². The van der Waals surface area contributed by atoms with Crippen LogP contribution in [0.15, 0.2) is 178 Å². The number of aromatic hydroxyl groups is 2. The van der Waals surface area contributed by atoms with E-state index in [0.29, 0.717) is 44.0 Å². The number of phenols is 2. The molecule has 19 heteroatoms. The molecule has 15 nitrogen and oxygen atoms in total. The zero-order valence-electron chi connectivity index (χ0n) is 35.2. The summed E-state index contributed by atoms with van der Waals surface area (Å²) < 4.78 is 52.6. The standard InChI is InChI=1S/C50H32F4N8O7/c51-34-4-2-6-38(26-34)56-49(69)58-47(67)32-12-20-40-30(24-32)14-22-42(64)44(40)62-60-36-17-9-28(10-18-36)45(65)27-7-15-35(16-8-27)59-61-43-39-19-11-31(23-29(39)13-21-41(43)63)46(66)57-48(68)55-37-5-1-3-33(25-37)50(52,53)54/h1-26,63-64H,(H2,55,57,66,68)(H2,56,58,67,69). The van der Waals surface area contributed by atoms with E-state index in [0.717, 1.165) is 24.3 Å². The first-order valence-electron chi connectivity index (χ1n) is 20.4. The average molecular weight is 933 g/mol. The van der Waals surface area contributed by atoms with Crippen molar-refractivity contribution in [2.75, 3.05) is 10.6 Å². The van der Waals surface area contributed by atoms with Gasteiger partial charge in [0.25, 0.3) is 11.8 Å². The number of carbonyl (C=O) groups excluding carboxylic acids is 5. The SMILES string of the molecule is O=C(NC(=O)c1ccc2c(N=Nc3ccc(C(=O)c4ccc(N=Nc5c(O)ccc6cc(C(=O)NC(=O)Nc7cccc(C(F)(F)F)c7)ccc56)cc4)cc3)c(O)ccc2c1)Nc1cccc(F)c1.